The number of thioether (sulfide) groups is 1. The highest BCUT2D eigenvalue weighted by Crippen LogP contribution is 2.33. The molecule has 29 heavy (non-hydrogen) atoms. The Hall–Kier alpha value is -2.72. The molecule has 3 rings (SSSR count). The second-order valence-electron chi connectivity index (χ2n) is 6.71. The smallest absolute Gasteiger partial charge is 0.229 e. The van der Waals surface area contributed by atoms with E-state index in [9.17, 15) is 0 Å². The molecule has 0 unspecified atom stereocenters. The van der Waals surface area contributed by atoms with Gasteiger partial charge in [-0.2, -0.15) is 15.0 Å². The predicted molar refractivity (Wildman–Crippen MR) is 114 cm³/mol. The molecule has 3 aromatic rings. The topological polar surface area (TPSA) is 108 Å². The average Bonchev–Trinajstić information content (AvgIpc) is 3.07. The normalized spacial score (nSPS) is 12.1. The van der Waals surface area contributed by atoms with Gasteiger partial charge in [-0.25, -0.2) is 0 Å². The van der Waals surface area contributed by atoms with Crippen molar-refractivity contribution in [1.82, 2.24) is 29.7 Å². The van der Waals surface area contributed by atoms with Crippen molar-refractivity contribution in [2.45, 2.75) is 30.3 Å². The van der Waals surface area contributed by atoms with Gasteiger partial charge in [-0.05, 0) is 12.5 Å². The molecule has 2 heterocycles. The zero-order chi connectivity index (χ0) is 20.8. The number of ether oxygens (including phenoxy) is 1. The summed E-state index contributed by atoms with van der Waals surface area (Å²) in [5, 5.41) is 9.57. The van der Waals surface area contributed by atoms with Crippen LogP contribution in [-0.2, 0) is 17.7 Å². The molecule has 0 saturated heterocycles. The first-order chi connectivity index (χ1) is 14.0. The molecule has 0 spiro atoms. The quantitative estimate of drug-likeness (QED) is 0.527. The van der Waals surface area contributed by atoms with E-state index in [1.165, 1.54) is 5.56 Å². The lowest BCUT2D eigenvalue weighted by molar-refractivity contribution is 0.184. The summed E-state index contributed by atoms with van der Waals surface area (Å²) in [5.41, 5.74) is 7.05. The van der Waals surface area contributed by atoms with E-state index in [1.54, 1.807) is 23.8 Å². The van der Waals surface area contributed by atoms with Crippen LogP contribution in [0, 0.1) is 0 Å². The van der Waals surface area contributed by atoms with Gasteiger partial charge in [0.2, 0.25) is 11.9 Å². The largest absolute Gasteiger partial charge is 0.383 e. The summed E-state index contributed by atoms with van der Waals surface area (Å²) in [5.74, 6) is 2.24. The van der Waals surface area contributed by atoms with Crippen molar-refractivity contribution in [2.24, 2.45) is 0 Å². The highest BCUT2D eigenvalue weighted by molar-refractivity contribution is 7.99. The van der Waals surface area contributed by atoms with E-state index in [-0.39, 0.29) is 11.2 Å². The number of nitrogens with two attached hydrogens (primary N) is 1. The van der Waals surface area contributed by atoms with Gasteiger partial charge in [0.25, 0.3) is 0 Å². The fraction of sp³-hybridized carbons (Fsp3) is 0.421. The van der Waals surface area contributed by atoms with Crippen LogP contribution in [-0.4, -0.2) is 57.5 Å². The van der Waals surface area contributed by atoms with Crippen LogP contribution in [0.5, 0.6) is 0 Å². The maximum absolute atomic E-state index is 5.87. The van der Waals surface area contributed by atoms with Crippen LogP contribution in [0.1, 0.15) is 29.4 Å². The van der Waals surface area contributed by atoms with Crippen molar-refractivity contribution >= 4 is 23.7 Å². The molecule has 0 aliphatic heterocycles. The Kier molecular flexibility index (Phi) is 6.99. The Labute approximate surface area is 174 Å². The molecule has 0 fully saturated rings. The Bertz CT molecular complexity index is 931. The second-order valence-corrected chi connectivity index (χ2v) is 8.02. The Balaban J connectivity index is 1.84. The van der Waals surface area contributed by atoms with Crippen LogP contribution < -0.4 is 10.6 Å². The number of methoxy groups -OCH3 is 1. The van der Waals surface area contributed by atoms with E-state index < -0.39 is 0 Å². The van der Waals surface area contributed by atoms with Gasteiger partial charge in [0.15, 0.2) is 5.16 Å². The molecule has 1 aromatic carbocycles. The first-order valence-electron chi connectivity index (χ1n) is 9.28. The van der Waals surface area contributed by atoms with E-state index in [4.69, 9.17) is 10.5 Å². The summed E-state index contributed by atoms with van der Waals surface area (Å²) in [6.45, 7) is 3.26. The highest BCUT2D eigenvalue weighted by Gasteiger charge is 2.20. The van der Waals surface area contributed by atoms with Crippen LogP contribution in [0.4, 0.5) is 11.9 Å². The molecule has 0 aliphatic rings. The average molecular weight is 415 g/mol. The number of nitrogen functional groups attached to an aromatic ring is 1. The molecule has 0 aliphatic carbocycles. The molecular weight excluding hydrogens is 388 g/mol. The number of nitrogens with zero attached hydrogens (tertiary/aromatic N) is 7. The lowest BCUT2D eigenvalue weighted by atomic mass is 10.1. The van der Waals surface area contributed by atoms with Gasteiger partial charge in [-0.1, -0.05) is 42.1 Å². The maximum Gasteiger partial charge on any atom is 0.229 e. The monoisotopic (exact) mass is 414 g/mol. The van der Waals surface area contributed by atoms with E-state index in [0.29, 0.717) is 31.3 Å². The van der Waals surface area contributed by atoms with Gasteiger partial charge in [0.05, 0.1) is 11.9 Å². The lowest BCUT2D eigenvalue weighted by Gasteiger charge is -2.15. The van der Waals surface area contributed by atoms with Gasteiger partial charge >= 0.3 is 0 Å². The van der Waals surface area contributed by atoms with Crippen molar-refractivity contribution in [3.63, 3.8) is 0 Å². The van der Waals surface area contributed by atoms with E-state index in [0.717, 1.165) is 11.0 Å². The molecule has 0 radical (unpaired) electrons. The van der Waals surface area contributed by atoms with Gasteiger partial charge < -0.3 is 19.9 Å². The number of anilines is 2. The molecule has 0 amide bonds. The molecule has 0 saturated carbocycles. The summed E-state index contributed by atoms with van der Waals surface area (Å²) in [6.07, 6.45) is 0.704. The summed E-state index contributed by atoms with van der Waals surface area (Å²) < 4.78 is 7.37. The molecular formula is C19H26N8OS. The van der Waals surface area contributed by atoms with E-state index in [1.807, 2.05) is 39.2 Å². The standard InChI is InChI=1S/C19H26N8OS/c1-13(16-21-17(20)23-18(22-16)26(2)3)29-19-25-24-15(27(19)10-11-28-4)12-14-8-6-5-7-9-14/h5-9,13H,10-12H2,1-4H3,(H2,20,21,22,23)/t13-/m1/s1. The van der Waals surface area contributed by atoms with Crippen LogP contribution in [0.25, 0.3) is 0 Å². The summed E-state index contributed by atoms with van der Waals surface area (Å²) in [7, 11) is 5.42. The zero-order valence-electron chi connectivity index (χ0n) is 17.1. The minimum Gasteiger partial charge on any atom is -0.383 e. The third-order valence-electron chi connectivity index (χ3n) is 4.22. The van der Waals surface area contributed by atoms with Crippen molar-refractivity contribution < 1.29 is 4.74 Å². The van der Waals surface area contributed by atoms with Crippen LogP contribution >= 0.6 is 11.8 Å². The number of hydrogen-bond acceptors (Lipinski definition) is 9. The third-order valence-corrected chi connectivity index (χ3v) is 5.30. The van der Waals surface area contributed by atoms with Gasteiger partial charge in [-0.15, -0.1) is 10.2 Å². The van der Waals surface area contributed by atoms with Crippen LogP contribution in [0.15, 0.2) is 35.5 Å². The molecule has 1 atom stereocenters. The van der Waals surface area contributed by atoms with E-state index >= 15 is 0 Å². The number of benzene rings is 1. The van der Waals surface area contributed by atoms with Crippen molar-refractivity contribution in [2.75, 3.05) is 38.4 Å². The lowest BCUT2D eigenvalue weighted by Crippen LogP contribution is -2.16. The number of aromatic nitrogens is 6. The van der Waals surface area contributed by atoms with Crippen molar-refractivity contribution in [3.8, 4) is 0 Å². The minimum atomic E-state index is -0.0749. The fourth-order valence-electron chi connectivity index (χ4n) is 2.71. The Morgan fingerprint density at radius 3 is 2.59 bits per heavy atom. The zero-order valence-corrected chi connectivity index (χ0v) is 17.9. The van der Waals surface area contributed by atoms with Crippen LogP contribution in [0.3, 0.4) is 0 Å². The minimum absolute atomic E-state index is 0.0749. The molecule has 2 N–H and O–H groups in total. The SMILES string of the molecule is COCCn1c(Cc2ccccc2)nnc1S[C@H](C)c1nc(N)nc(N(C)C)n1. The fourth-order valence-corrected chi connectivity index (χ4v) is 3.65. The molecule has 154 valence electrons. The first-order valence-corrected chi connectivity index (χ1v) is 10.2. The summed E-state index contributed by atoms with van der Waals surface area (Å²) in [6, 6.07) is 10.2. The van der Waals surface area contributed by atoms with Crippen LogP contribution in [0.2, 0.25) is 0 Å². The maximum atomic E-state index is 5.87. The van der Waals surface area contributed by atoms with Crippen molar-refractivity contribution in [1.29, 1.82) is 0 Å². The molecule has 2 aromatic heterocycles. The van der Waals surface area contributed by atoms with Gasteiger partial charge in [0, 0.05) is 34.2 Å². The third kappa shape index (κ3) is 5.42. The molecule has 0 bridgehead atoms. The van der Waals surface area contributed by atoms with E-state index in [2.05, 4.69) is 41.8 Å². The Morgan fingerprint density at radius 2 is 1.90 bits per heavy atom. The second kappa shape index (κ2) is 9.66. The highest BCUT2D eigenvalue weighted by atomic mass is 32.2. The number of hydrogen-bond donors (Lipinski definition) is 1. The van der Waals surface area contributed by atoms with Gasteiger partial charge in [0.1, 0.15) is 11.6 Å². The predicted octanol–water partition coefficient (Wildman–Crippen LogP) is 2.20. The Morgan fingerprint density at radius 1 is 1.14 bits per heavy atom. The molecule has 10 heteroatoms. The van der Waals surface area contributed by atoms with Gasteiger partial charge in [-0.3, -0.25) is 0 Å². The summed E-state index contributed by atoms with van der Waals surface area (Å²) in [4.78, 5) is 14.8. The first kappa shape index (κ1) is 21.0. The summed E-state index contributed by atoms with van der Waals surface area (Å²) >= 11 is 1.54. The van der Waals surface area contributed by atoms with Crippen molar-refractivity contribution in [3.05, 3.63) is 47.5 Å². The molecule has 9 nitrogen and oxygen atoms in total. The number of rotatable bonds is 9.